The van der Waals surface area contributed by atoms with Gasteiger partial charge in [-0.25, -0.2) is 0 Å². The lowest BCUT2D eigenvalue weighted by Crippen LogP contribution is -2.30. The van der Waals surface area contributed by atoms with Crippen molar-refractivity contribution in [2.24, 2.45) is 0 Å². The first-order valence-corrected chi connectivity index (χ1v) is 32.2. The van der Waals surface area contributed by atoms with Gasteiger partial charge in [-0.15, -0.1) is 0 Å². The number of allylic oxidation sites excluding steroid dienone is 16. The molecule has 76 heavy (non-hydrogen) atoms. The van der Waals surface area contributed by atoms with Gasteiger partial charge in [0.1, 0.15) is 13.2 Å². The smallest absolute Gasteiger partial charge is 0.306 e. The Morgan fingerprint density at radius 1 is 0.276 bits per heavy atom. The molecule has 0 aromatic heterocycles. The summed E-state index contributed by atoms with van der Waals surface area (Å²) in [6.45, 7) is 6.52. The molecule has 6 nitrogen and oxygen atoms in total. The Bertz CT molecular complexity index is 1490. The van der Waals surface area contributed by atoms with E-state index in [1.54, 1.807) is 0 Å². The third kappa shape index (κ3) is 61.2. The number of rotatable bonds is 58. The van der Waals surface area contributed by atoms with Crippen LogP contribution in [0.25, 0.3) is 0 Å². The summed E-state index contributed by atoms with van der Waals surface area (Å²) in [7, 11) is 0. The van der Waals surface area contributed by atoms with E-state index in [4.69, 9.17) is 14.2 Å². The number of carbonyl (C=O) groups is 3. The highest BCUT2D eigenvalue weighted by atomic mass is 16.6. The van der Waals surface area contributed by atoms with Crippen LogP contribution in [-0.4, -0.2) is 37.2 Å². The second-order valence-electron chi connectivity index (χ2n) is 21.3. The van der Waals surface area contributed by atoms with E-state index < -0.39 is 6.10 Å². The summed E-state index contributed by atoms with van der Waals surface area (Å²) in [6.07, 6.45) is 85.5. The Morgan fingerprint density at radius 3 is 0.829 bits per heavy atom. The molecule has 1 atom stereocenters. The molecule has 1 unspecified atom stereocenters. The van der Waals surface area contributed by atoms with E-state index >= 15 is 0 Å². The van der Waals surface area contributed by atoms with E-state index in [0.29, 0.717) is 19.3 Å². The van der Waals surface area contributed by atoms with Crippen molar-refractivity contribution in [1.82, 2.24) is 0 Å². The molecule has 0 saturated carbocycles. The van der Waals surface area contributed by atoms with E-state index in [2.05, 4.69) is 118 Å². The lowest BCUT2D eigenvalue weighted by molar-refractivity contribution is -0.167. The first kappa shape index (κ1) is 72.3. The molecule has 0 fully saturated rings. The molecule has 6 heteroatoms. The van der Waals surface area contributed by atoms with Gasteiger partial charge in [0.25, 0.3) is 0 Å². The summed E-state index contributed by atoms with van der Waals surface area (Å²) in [4.78, 5) is 38.3. The van der Waals surface area contributed by atoms with E-state index in [-0.39, 0.29) is 31.1 Å². The zero-order chi connectivity index (χ0) is 55.0. The second kappa shape index (κ2) is 63.9. The standard InChI is InChI=1S/C70H120O6/c1-4-7-10-13-16-19-22-25-28-30-32-33-34-35-36-37-38-40-42-45-48-51-54-57-60-63-69(72)75-66-67(65-74-68(71)62-59-56-53-50-47-44-41-27-24-21-18-15-12-9-6-3)76-70(73)64-61-58-55-52-49-46-43-39-31-29-26-23-20-17-14-11-8-5-2/h7,10,16,19,25,27-28,32-33,35-36,38,40-41,45,48,67H,4-6,8-9,11-15,17-18,20-24,26,29-31,34,37,39,42-44,46-47,49-66H2,1-3H3/b10-7-,19-16-,28-25-,33-32-,36-35-,40-38-,41-27-,48-45-. The van der Waals surface area contributed by atoms with Crippen molar-refractivity contribution >= 4 is 17.9 Å². The van der Waals surface area contributed by atoms with Crippen LogP contribution in [0.4, 0.5) is 0 Å². The summed E-state index contributed by atoms with van der Waals surface area (Å²) < 4.78 is 16.9. The second-order valence-corrected chi connectivity index (χ2v) is 21.3. The van der Waals surface area contributed by atoms with E-state index in [1.807, 2.05) is 0 Å². The fourth-order valence-electron chi connectivity index (χ4n) is 9.01. The van der Waals surface area contributed by atoms with Crippen molar-refractivity contribution in [3.63, 3.8) is 0 Å². The van der Waals surface area contributed by atoms with Gasteiger partial charge in [-0.2, -0.15) is 0 Å². The predicted molar refractivity (Wildman–Crippen MR) is 330 cm³/mol. The molecule has 0 spiro atoms. The SMILES string of the molecule is CC/C=C\C/C=C\C/C=C\C/C=C\C/C=C\C/C=C\C/C=C\CCCCCC(=O)OCC(COC(=O)CCCCCCC/C=C\CCCCCCCC)OC(=O)CCCCCCCCCCCCCCCCCCCC. The van der Waals surface area contributed by atoms with Crippen molar-refractivity contribution in [3.05, 3.63) is 97.2 Å². The van der Waals surface area contributed by atoms with Crippen LogP contribution in [0.2, 0.25) is 0 Å². The van der Waals surface area contributed by atoms with Gasteiger partial charge >= 0.3 is 17.9 Å². The van der Waals surface area contributed by atoms with Crippen molar-refractivity contribution in [2.45, 2.75) is 316 Å². The van der Waals surface area contributed by atoms with E-state index in [1.165, 1.54) is 154 Å². The van der Waals surface area contributed by atoms with E-state index in [0.717, 1.165) is 116 Å². The number of hydrogen-bond acceptors (Lipinski definition) is 6. The maximum Gasteiger partial charge on any atom is 0.306 e. The Morgan fingerprint density at radius 2 is 0.513 bits per heavy atom. The number of carbonyl (C=O) groups excluding carboxylic acids is 3. The van der Waals surface area contributed by atoms with Gasteiger partial charge in [0.2, 0.25) is 0 Å². The minimum Gasteiger partial charge on any atom is -0.462 e. The Labute approximate surface area is 470 Å². The molecule has 0 aliphatic heterocycles. The molecule has 0 bridgehead atoms. The molecule has 0 aromatic rings. The van der Waals surface area contributed by atoms with Gasteiger partial charge in [0.15, 0.2) is 6.10 Å². The molecule has 0 saturated heterocycles. The monoisotopic (exact) mass is 1060 g/mol. The first-order valence-electron chi connectivity index (χ1n) is 32.2. The third-order valence-electron chi connectivity index (χ3n) is 13.8. The Kier molecular flexibility index (Phi) is 60.8. The molecule has 0 rings (SSSR count). The maximum absolute atomic E-state index is 12.9. The van der Waals surface area contributed by atoms with Crippen LogP contribution < -0.4 is 0 Å². The number of esters is 3. The minimum atomic E-state index is -0.795. The van der Waals surface area contributed by atoms with Crippen LogP contribution in [0, 0.1) is 0 Å². The average Bonchev–Trinajstić information content (AvgIpc) is 3.42. The number of ether oxygens (including phenoxy) is 3. The summed E-state index contributed by atoms with van der Waals surface area (Å²) in [6, 6.07) is 0. The molecule has 0 aromatic carbocycles. The van der Waals surface area contributed by atoms with Crippen molar-refractivity contribution in [2.75, 3.05) is 13.2 Å². The van der Waals surface area contributed by atoms with Crippen molar-refractivity contribution in [3.8, 4) is 0 Å². The molecule has 436 valence electrons. The molecule has 0 aliphatic rings. The fraction of sp³-hybridized carbons (Fsp3) is 0.729. The van der Waals surface area contributed by atoms with Gasteiger partial charge in [-0.3, -0.25) is 14.4 Å². The van der Waals surface area contributed by atoms with Gasteiger partial charge in [0.05, 0.1) is 0 Å². The molecule has 0 radical (unpaired) electrons. The lowest BCUT2D eigenvalue weighted by Gasteiger charge is -2.18. The largest absolute Gasteiger partial charge is 0.462 e. The zero-order valence-corrected chi connectivity index (χ0v) is 50.0. The minimum absolute atomic E-state index is 0.0903. The first-order chi connectivity index (χ1) is 37.5. The van der Waals surface area contributed by atoms with Gasteiger partial charge < -0.3 is 14.2 Å². The van der Waals surface area contributed by atoms with Crippen LogP contribution in [0.3, 0.4) is 0 Å². The Balaban J connectivity index is 4.42. The Hall–Kier alpha value is -3.67. The van der Waals surface area contributed by atoms with Gasteiger partial charge in [-0.05, 0) is 103 Å². The average molecular weight is 1060 g/mol. The maximum atomic E-state index is 12.9. The third-order valence-corrected chi connectivity index (χ3v) is 13.8. The van der Waals surface area contributed by atoms with Gasteiger partial charge in [0, 0.05) is 19.3 Å². The molecular weight excluding hydrogens is 937 g/mol. The summed E-state index contributed by atoms with van der Waals surface area (Å²) in [5.74, 6) is -0.919. The topological polar surface area (TPSA) is 78.9 Å². The fourth-order valence-corrected chi connectivity index (χ4v) is 9.01. The predicted octanol–water partition coefficient (Wildman–Crippen LogP) is 22.0. The van der Waals surface area contributed by atoms with Crippen molar-refractivity contribution < 1.29 is 28.6 Å². The quantitative estimate of drug-likeness (QED) is 0.0261. The zero-order valence-electron chi connectivity index (χ0n) is 50.0. The normalized spacial score (nSPS) is 12.7. The van der Waals surface area contributed by atoms with Crippen molar-refractivity contribution in [1.29, 1.82) is 0 Å². The summed E-state index contributed by atoms with van der Waals surface area (Å²) in [5, 5.41) is 0. The van der Waals surface area contributed by atoms with Crippen LogP contribution in [-0.2, 0) is 28.6 Å². The molecule has 0 N–H and O–H groups in total. The summed E-state index contributed by atoms with van der Waals surface area (Å²) in [5.41, 5.74) is 0. The number of hydrogen-bond donors (Lipinski definition) is 0. The van der Waals surface area contributed by atoms with Crippen LogP contribution in [0.1, 0.15) is 310 Å². The highest BCUT2D eigenvalue weighted by molar-refractivity contribution is 5.71. The molecule has 0 amide bonds. The summed E-state index contributed by atoms with van der Waals surface area (Å²) >= 11 is 0. The van der Waals surface area contributed by atoms with Crippen LogP contribution in [0.5, 0.6) is 0 Å². The number of unbranched alkanes of at least 4 members (excludes halogenated alkanes) is 31. The molecule has 0 heterocycles. The van der Waals surface area contributed by atoms with Crippen LogP contribution >= 0.6 is 0 Å². The van der Waals surface area contributed by atoms with E-state index in [9.17, 15) is 14.4 Å². The highest BCUT2D eigenvalue weighted by Gasteiger charge is 2.19. The molecular formula is C70H120O6. The lowest BCUT2D eigenvalue weighted by atomic mass is 10.0. The molecule has 0 aliphatic carbocycles. The van der Waals surface area contributed by atoms with Gasteiger partial charge in [-0.1, -0.05) is 285 Å². The highest BCUT2D eigenvalue weighted by Crippen LogP contribution is 2.16. The van der Waals surface area contributed by atoms with Crippen LogP contribution in [0.15, 0.2) is 97.2 Å².